The molecule has 96 valence electrons. The van der Waals surface area contributed by atoms with Crippen LogP contribution in [0, 0.1) is 11.8 Å². The molecule has 0 saturated carbocycles. The van der Waals surface area contributed by atoms with Gasteiger partial charge in [-0.3, -0.25) is 5.32 Å². The lowest BCUT2D eigenvalue weighted by molar-refractivity contribution is -0.107. The van der Waals surface area contributed by atoms with E-state index in [4.69, 9.17) is 4.74 Å². The van der Waals surface area contributed by atoms with Crippen LogP contribution in [0.5, 0.6) is 0 Å². The number of aromatic nitrogens is 1. The number of ether oxygens (including phenoxy) is 1. The second kappa shape index (κ2) is 6.17. The summed E-state index contributed by atoms with van der Waals surface area (Å²) in [6, 6.07) is 0. The van der Waals surface area contributed by atoms with Gasteiger partial charge in [-0.15, -0.1) is 0 Å². The first kappa shape index (κ1) is 14.2. The second-order valence-corrected chi connectivity index (χ2v) is 5.36. The number of rotatable bonds is 2. The minimum absolute atomic E-state index is 0.187. The third kappa shape index (κ3) is 5.46. The summed E-state index contributed by atoms with van der Waals surface area (Å²) in [5.74, 6) is 5.43. The zero-order valence-corrected chi connectivity index (χ0v) is 11.3. The number of anilines is 1. The molecular weight excluding hydrogens is 252 g/mol. The van der Waals surface area contributed by atoms with Crippen LogP contribution in [0.15, 0.2) is 6.20 Å². The van der Waals surface area contributed by atoms with Gasteiger partial charge in [0.1, 0.15) is 11.9 Å². The largest absolute Gasteiger partial charge is 0.444 e. The molecule has 1 heterocycles. The van der Waals surface area contributed by atoms with Crippen molar-refractivity contribution in [3.8, 4) is 11.8 Å². The van der Waals surface area contributed by atoms with Crippen molar-refractivity contribution < 1.29 is 14.3 Å². The maximum absolute atomic E-state index is 11.4. The average Bonchev–Trinajstić information content (AvgIpc) is 2.63. The average molecular weight is 266 g/mol. The first-order valence-electron chi connectivity index (χ1n) is 5.29. The van der Waals surface area contributed by atoms with Gasteiger partial charge in [0.05, 0.1) is 17.5 Å². The Kier molecular flexibility index (Phi) is 4.86. The number of hydrogen-bond donors (Lipinski definition) is 1. The summed E-state index contributed by atoms with van der Waals surface area (Å²) in [6.07, 6.45) is 1.90. The number of nitrogens with zero attached hydrogens (tertiary/aromatic N) is 1. The molecule has 18 heavy (non-hydrogen) atoms. The predicted octanol–water partition coefficient (Wildman–Crippen LogP) is 2.43. The molecule has 0 aliphatic carbocycles. The number of thiazole rings is 1. The molecule has 1 aromatic heterocycles. The van der Waals surface area contributed by atoms with Crippen LogP contribution in [0.2, 0.25) is 0 Å². The molecule has 0 radical (unpaired) electrons. The van der Waals surface area contributed by atoms with Gasteiger partial charge in [-0.25, -0.2) is 9.78 Å². The summed E-state index contributed by atoms with van der Waals surface area (Å²) < 4.78 is 5.08. The maximum Gasteiger partial charge on any atom is 0.413 e. The Balaban J connectivity index is 2.57. The summed E-state index contributed by atoms with van der Waals surface area (Å²) in [7, 11) is 0. The van der Waals surface area contributed by atoms with Gasteiger partial charge in [0, 0.05) is 0 Å². The van der Waals surface area contributed by atoms with E-state index in [0.29, 0.717) is 10.0 Å². The SMILES string of the molecule is CC(C)(C)OC(=O)Nc1ncc(C#CCC=O)s1. The minimum Gasteiger partial charge on any atom is -0.444 e. The highest BCUT2D eigenvalue weighted by Crippen LogP contribution is 2.18. The highest BCUT2D eigenvalue weighted by atomic mass is 32.1. The Morgan fingerprint density at radius 2 is 2.33 bits per heavy atom. The first-order chi connectivity index (χ1) is 8.40. The topological polar surface area (TPSA) is 68.3 Å². The summed E-state index contributed by atoms with van der Waals surface area (Å²) in [5, 5.41) is 2.93. The number of amides is 1. The maximum atomic E-state index is 11.4. The van der Waals surface area contributed by atoms with Crippen molar-refractivity contribution in [2.24, 2.45) is 0 Å². The van der Waals surface area contributed by atoms with E-state index in [1.165, 1.54) is 17.5 Å². The normalized spacial score (nSPS) is 10.2. The number of nitrogens with one attached hydrogen (secondary N) is 1. The smallest absolute Gasteiger partial charge is 0.413 e. The van der Waals surface area contributed by atoms with Gasteiger partial charge in [-0.2, -0.15) is 0 Å². The van der Waals surface area contributed by atoms with Crippen LogP contribution in [0.1, 0.15) is 32.1 Å². The van der Waals surface area contributed by atoms with Gasteiger partial charge < -0.3 is 9.53 Å². The standard InChI is InChI=1S/C12H14N2O3S/c1-12(2,3)17-11(16)14-10-13-8-9(18-10)6-4-5-7-15/h7-8H,5H2,1-3H3,(H,13,14,16). The Morgan fingerprint density at radius 1 is 1.61 bits per heavy atom. The first-order valence-corrected chi connectivity index (χ1v) is 6.11. The van der Waals surface area contributed by atoms with Crippen molar-refractivity contribution in [3.63, 3.8) is 0 Å². The quantitative estimate of drug-likeness (QED) is 0.659. The lowest BCUT2D eigenvalue weighted by atomic mass is 10.2. The highest BCUT2D eigenvalue weighted by Gasteiger charge is 2.16. The molecule has 0 bridgehead atoms. The third-order valence-electron chi connectivity index (χ3n) is 1.51. The molecule has 0 atom stereocenters. The van der Waals surface area contributed by atoms with Crippen LogP contribution in [0.25, 0.3) is 0 Å². The molecule has 1 aromatic rings. The van der Waals surface area contributed by atoms with Crippen molar-refractivity contribution in [2.45, 2.75) is 32.8 Å². The van der Waals surface area contributed by atoms with E-state index in [0.717, 1.165) is 6.29 Å². The van der Waals surface area contributed by atoms with Crippen molar-refractivity contribution in [1.82, 2.24) is 4.98 Å². The number of carbonyl (C=O) groups excluding carboxylic acids is 2. The molecule has 0 unspecified atom stereocenters. The van der Waals surface area contributed by atoms with Crippen molar-refractivity contribution in [2.75, 3.05) is 5.32 Å². The van der Waals surface area contributed by atoms with E-state index in [9.17, 15) is 9.59 Å². The Morgan fingerprint density at radius 3 is 2.94 bits per heavy atom. The fourth-order valence-electron chi connectivity index (χ4n) is 0.960. The fourth-order valence-corrected chi connectivity index (χ4v) is 1.64. The van der Waals surface area contributed by atoms with Gasteiger partial charge in [0.2, 0.25) is 0 Å². The van der Waals surface area contributed by atoms with Crippen LogP contribution in [0.4, 0.5) is 9.93 Å². The molecule has 0 aromatic carbocycles. The van der Waals surface area contributed by atoms with Gasteiger partial charge in [-0.1, -0.05) is 23.2 Å². The molecule has 0 fully saturated rings. The lowest BCUT2D eigenvalue weighted by Gasteiger charge is -2.18. The highest BCUT2D eigenvalue weighted by molar-refractivity contribution is 7.16. The zero-order chi connectivity index (χ0) is 13.6. The molecular formula is C12H14N2O3S. The van der Waals surface area contributed by atoms with Gasteiger partial charge in [0.25, 0.3) is 0 Å². The minimum atomic E-state index is -0.552. The van der Waals surface area contributed by atoms with Gasteiger partial charge >= 0.3 is 6.09 Å². The fraction of sp³-hybridized carbons (Fsp3) is 0.417. The molecule has 0 aliphatic heterocycles. The van der Waals surface area contributed by atoms with Crippen molar-refractivity contribution in [3.05, 3.63) is 11.1 Å². The molecule has 0 spiro atoms. The van der Waals surface area contributed by atoms with E-state index in [2.05, 4.69) is 22.1 Å². The van der Waals surface area contributed by atoms with E-state index >= 15 is 0 Å². The zero-order valence-electron chi connectivity index (χ0n) is 10.4. The van der Waals surface area contributed by atoms with Crippen LogP contribution in [-0.4, -0.2) is 23.0 Å². The van der Waals surface area contributed by atoms with E-state index in [1.807, 2.05) is 0 Å². The van der Waals surface area contributed by atoms with Gasteiger partial charge in [-0.05, 0) is 20.8 Å². The Labute approximate surface area is 110 Å². The predicted molar refractivity (Wildman–Crippen MR) is 69.5 cm³/mol. The number of hydrogen-bond acceptors (Lipinski definition) is 5. The molecule has 1 amide bonds. The van der Waals surface area contributed by atoms with Crippen LogP contribution in [-0.2, 0) is 9.53 Å². The number of carbonyl (C=O) groups is 2. The molecule has 0 aliphatic rings. The van der Waals surface area contributed by atoms with Crippen molar-refractivity contribution >= 4 is 28.8 Å². The lowest BCUT2D eigenvalue weighted by Crippen LogP contribution is -2.27. The van der Waals surface area contributed by atoms with Gasteiger partial charge in [0.15, 0.2) is 5.13 Å². The summed E-state index contributed by atoms with van der Waals surface area (Å²) >= 11 is 1.23. The summed E-state index contributed by atoms with van der Waals surface area (Å²) in [5.41, 5.74) is -0.548. The Hall–Kier alpha value is -1.87. The summed E-state index contributed by atoms with van der Waals surface area (Å²) in [6.45, 7) is 5.35. The van der Waals surface area contributed by atoms with Crippen LogP contribution < -0.4 is 5.32 Å². The second-order valence-electron chi connectivity index (χ2n) is 4.33. The third-order valence-corrected chi connectivity index (χ3v) is 2.34. The van der Waals surface area contributed by atoms with E-state index < -0.39 is 11.7 Å². The molecule has 1 rings (SSSR count). The van der Waals surface area contributed by atoms with Crippen LogP contribution in [0.3, 0.4) is 0 Å². The molecule has 1 N–H and O–H groups in total. The van der Waals surface area contributed by atoms with Crippen LogP contribution >= 0.6 is 11.3 Å². The van der Waals surface area contributed by atoms with E-state index in [-0.39, 0.29) is 6.42 Å². The molecule has 5 nitrogen and oxygen atoms in total. The molecule has 0 saturated heterocycles. The Bertz CT molecular complexity index is 491. The van der Waals surface area contributed by atoms with Crippen molar-refractivity contribution in [1.29, 1.82) is 0 Å². The number of aldehydes is 1. The van der Waals surface area contributed by atoms with E-state index in [1.54, 1.807) is 20.8 Å². The summed E-state index contributed by atoms with van der Waals surface area (Å²) in [4.78, 5) is 26.2. The monoisotopic (exact) mass is 266 g/mol. The molecule has 6 heteroatoms.